The molecule has 0 aromatic heterocycles. The van der Waals surface area contributed by atoms with Crippen LogP contribution >= 0.6 is 0 Å². The van der Waals surface area contributed by atoms with E-state index in [0.717, 1.165) is 18.9 Å². The standard InChI is InChI=1S/C10H19NO/c1-3-8(2)10(12)7-11-6-9-4-5-9/h8-9,11H,3-7H2,1-2H3. The molecule has 0 spiro atoms. The normalized spacial score (nSPS) is 19.2. The molecule has 0 saturated heterocycles. The van der Waals surface area contributed by atoms with Crippen molar-refractivity contribution in [3.05, 3.63) is 0 Å². The minimum atomic E-state index is 0.233. The first-order chi connectivity index (χ1) is 5.74. The molecule has 0 amide bonds. The lowest BCUT2D eigenvalue weighted by molar-refractivity contribution is -0.121. The zero-order valence-corrected chi connectivity index (χ0v) is 8.10. The molecule has 70 valence electrons. The Morgan fingerprint density at radius 3 is 2.75 bits per heavy atom. The van der Waals surface area contributed by atoms with Crippen LogP contribution in [0.15, 0.2) is 0 Å². The molecule has 0 aromatic rings. The van der Waals surface area contributed by atoms with Crippen LogP contribution in [0.3, 0.4) is 0 Å². The first-order valence-electron chi connectivity index (χ1n) is 4.97. The number of ketones is 1. The number of rotatable bonds is 6. The summed E-state index contributed by atoms with van der Waals surface area (Å²) in [6.07, 6.45) is 3.67. The maximum absolute atomic E-state index is 11.3. The Bertz CT molecular complexity index is 152. The van der Waals surface area contributed by atoms with Crippen molar-refractivity contribution in [2.75, 3.05) is 13.1 Å². The molecule has 1 aliphatic rings. The summed E-state index contributed by atoms with van der Waals surface area (Å²) >= 11 is 0. The SMILES string of the molecule is CCC(C)C(=O)CNCC1CC1. The van der Waals surface area contributed by atoms with Gasteiger partial charge in [0.05, 0.1) is 6.54 Å². The third kappa shape index (κ3) is 3.35. The lowest BCUT2D eigenvalue weighted by Crippen LogP contribution is -2.28. The Morgan fingerprint density at radius 2 is 2.25 bits per heavy atom. The number of nitrogens with one attached hydrogen (secondary N) is 1. The van der Waals surface area contributed by atoms with Gasteiger partial charge in [-0.1, -0.05) is 13.8 Å². The third-order valence-corrected chi connectivity index (χ3v) is 2.59. The molecule has 1 fully saturated rings. The highest BCUT2D eigenvalue weighted by atomic mass is 16.1. The number of carbonyl (C=O) groups excluding carboxylic acids is 1. The molecule has 2 nitrogen and oxygen atoms in total. The van der Waals surface area contributed by atoms with Gasteiger partial charge in [0.15, 0.2) is 0 Å². The molecule has 1 saturated carbocycles. The van der Waals surface area contributed by atoms with Crippen molar-refractivity contribution in [1.29, 1.82) is 0 Å². The summed E-state index contributed by atoms with van der Waals surface area (Å²) in [5, 5.41) is 3.21. The van der Waals surface area contributed by atoms with Crippen LogP contribution in [0.1, 0.15) is 33.1 Å². The van der Waals surface area contributed by atoms with Gasteiger partial charge in [0.25, 0.3) is 0 Å². The van der Waals surface area contributed by atoms with Gasteiger partial charge < -0.3 is 5.32 Å². The van der Waals surface area contributed by atoms with Gasteiger partial charge >= 0.3 is 0 Å². The van der Waals surface area contributed by atoms with Crippen molar-refractivity contribution >= 4 is 5.78 Å². The number of carbonyl (C=O) groups is 1. The van der Waals surface area contributed by atoms with Gasteiger partial charge in [-0.3, -0.25) is 4.79 Å². The molecular formula is C10H19NO. The Labute approximate surface area is 74.7 Å². The van der Waals surface area contributed by atoms with Gasteiger partial charge in [-0.15, -0.1) is 0 Å². The fourth-order valence-corrected chi connectivity index (χ4v) is 1.12. The van der Waals surface area contributed by atoms with E-state index in [-0.39, 0.29) is 5.92 Å². The molecule has 2 heteroatoms. The summed E-state index contributed by atoms with van der Waals surface area (Å²) in [5.74, 6) is 1.46. The molecule has 0 radical (unpaired) electrons. The van der Waals surface area contributed by atoms with E-state index in [2.05, 4.69) is 12.2 Å². The lowest BCUT2D eigenvalue weighted by atomic mass is 10.0. The maximum Gasteiger partial charge on any atom is 0.149 e. The van der Waals surface area contributed by atoms with E-state index < -0.39 is 0 Å². The number of hydrogen-bond acceptors (Lipinski definition) is 2. The Balaban J connectivity index is 2.00. The van der Waals surface area contributed by atoms with E-state index in [1.165, 1.54) is 12.8 Å². The number of Topliss-reactive ketones (excluding diaryl/α,β-unsaturated/α-hetero) is 1. The Morgan fingerprint density at radius 1 is 1.58 bits per heavy atom. The lowest BCUT2D eigenvalue weighted by Gasteiger charge is -2.07. The van der Waals surface area contributed by atoms with Crippen molar-refractivity contribution in [1.82, 2.24) is 5.32 Å². The van der Waals surface area contributed by atoms with Gasteiger partial charge in [-0.05, 0) is 31.7 Å². The van der Waals surface area contributed by atoms with E-state index in [1.54, 1.807) is 0 Å². The van der Waals surface area contributed by atoms with Gasteiger partial charge in [-0.25, -0.2) is 0 Å². The zero-order valence-electron chi connectivity index (χ0n) is 8.10. The first kappa shape index (κ1) is 9.72. The van der Waals surface area contributed by atoms with Crippen LogP contribution < -0.4 is 5.32 Å². The molecule has 0 aromatic carbocycles. The summed E-state index contributed by atoms with van der Waals surface area (Å²) in [6, 6.07) is 0. The summed E-state index contributed by atoms with van der Waals surface area (Å²) in [4.78, 5) is 11.3. The van der Waals surface area contributed by atoms with Crippen molar-refractivity contribution in [2.24, 2.45) is 11.8 Å². The van der Waals surface area contributed by atoms with Crippen LogP contribution in [0.5, 0.6) is 0 Å². The molecular weight excluding hydrogens is 150 g/mol. The minimum Gasteiger partial charge on any atom is -0.310 e. The van der Waals surface area contributed by atoms with Crippen LogP contribution in [0, 0.1) is 11.8 Å². The van der Waals surface area contributed by atoms with E-state index in [9.17, 15) is 4.79 Å². The maximum atomic E-state index is 11.3. The van der Waals surface area contributed by atoms with E-state index in [4.69, 9.17) is 0 Å². The molecule has 0 bridgehead atoms. The predicted octanol–water partition coefficient (Wildman–Crippen LogP) is 1.60. The summed E-state index contributed by atoms with van der Waals surface area (Å²) in [5.41, 5.74) is 0. The summed E-state index contributed by atoms with van der Waals surface area (Å²) in [6.45, 7) is 5.68. The van der Waals surface area contributed by atoms with Crippen LogP contribution in [0.2, 0.25) is 0 Å². The molecule has 1 unspecified atom stereocenters. The largest absolute Gasteiger partial charge is 0.310 e. The van der Waals surface area contributed by atoms with Gasteiger partial charge in [0, 0.05) is 5.92 Å². The smallest absolute Gasteiger partial charge is 0.149 e. The van der Waals surface area contributed by atoms with Crippen molar-refractivity contribution in [3.8, 4) is 0 Å². The predicted molar refractivity (Wildman–Crippen MR) is 50.1 cm³/mol. The fraction of sp³-hybridized carbons (Fsp3) is 0.900. The minimum absolute atomic E-state index is 0.233. The summed E-state index contributed by atoms with van der Waals surface area (Å²) in [7, 11) is 0. The average molecular weight is 169 g/mol. The van der Waals surface area contributed by atoms with E-state index in [1.807, 2.05) is 6.92 Å². The monoisotopic (exact) mass is 169 g/mol. The second-order valence-electron chi connectivity index (χ2n) is 3.85. The van der Waals surface area contributed by atoms with E-state index >= 15 is 0 Å². The molecule has 1 aliphatic carbocycles. The van der Waals surface area contributed by atoms with Crippen LogP contribution in [-0.2, 0) is 4.79 Å². The highest BCUT2D eigenvalue weighted by Gasteiger charge is 2.20. The Hall–Kier alpha value is -0.370. The van der Waals surface area contributed by atoms with Gasteiger partial charge in [0.2, 0.25) is 0 Å². The first-order valence-corrected chi connectivity index (χ1v) is 4.97. The van der Waals surface area contributed by atoms with Crippen molar-refractivity contribution in [3.63, 3.8) is 0 Å². The Kier molecular flexibility index (Phi) is 3.73. The molecule has 1 N–H and O–H groups in total. The molecule has 1 rings (SSSR count). The highest BCUT2D eigenvalue weighted by molar-refractivity contribution is 5.82. The second-order valence-corrected chi connectivity index (χ2v) is 3.85. The second kappa shape index (κ2) is 4.61. The molecule has 12 heavy (non-hydrogen) atoms. The van der Waals surface area contributed by atoms with Crippen LogP contribution in [-0.4, -0.2) is 18.9 Å². The van der Waals surface area contributed by atoms with Gasteiger partial charge in [0.1, 0.15) is 5.78 Å². The molecule has 0 heterocycles. The molecule has 1 atom stereocenters. The van der Waals surface area contributed by atoms with Gasteiger partial charge in [-0.2, -0.15) is 0 Å². The average Bonchev–Trinajstić information content (AvgIpc) is 2.86. The van der Waals surface area contributed by atoms with E-state index in [0.29, 0.717) is 12.3 Å². The fourth-order valence-electron chi connectivity index (χ4n) is 1.12. The van der Waals surface area contributed by atoms with Crippen LogP contribution in [0.25, 0.3) is 0 Å². The van der Waals surface area contributed by atoms with Crippen molar-refractivity contribution in [2.45, 2.75) is 33.1 Å². The topological polar surface area (TPSA) is 29.1 Å². The number of hydrogen-bond donors (Lipinski definition) is 1. The quantitative estimate of drug-likeness (QED) is 0.654. The van der Waals surface area contributed by atoms with Crippen LogP contribution in [0.4, 0.5) is 0 Å². The summed E-state index contributed by atoms with van der Waals surface area (Å²) < 4.78 is 0. The zero-order chi connectivity index (χ0) is 8.97. The highest BCUT2D eigenvalue weighted by Crippen LogP contribution is 2.27. The van der Waals surface area contributed by atoms with Crippen molar-refractivity contribution < 1.29 is 4.79 Å². The third-order valence-electron chi connectivity index (χ3n) is 2.59. The molecule has 0 aliphatic heterocycles.